The van der Waals surface area contributed by atoms with E-state index in [0.717, 1.165) is 58.0 Å². The fourth-order valence-corrected chi connectivity index (χ4v) is 3.32. The molecule has 1 atom stereocenters. The van der Waals surface area contributed by atoms with Crippen molar-refractivity contribution in [1.29, 1.82) is 0 Å². The van der Waals surface area contributed by atoms with Gasteiger partial charge in [0.05, 0.1) is 6.04 Å². The SMILES string of the molecule is CC(C(=O)N1CCNCC1)N1CCN(c2ccc(F)cc2)CC1.Cl. The molecule has 2 aliphatic rings. The molecule has 1 aromatic carbocycles. The molecule has 2 aliphatic heterocycles. The fourth-order valence-electron chi connectivity index (χ4n) is 3.32. The quantitative estimate of drug-likeness (QED) is 0.883. The highest BCUT2D eigenvalue weighted by molar-refractivity contribution is 5.85. The zero-order valence-corrected chi connectivity index (χ0v) is 14.9. The Morgan fingerprint density at radius 3 is 2.21 bits per heavy atom. The third kappa shape index (κ3) is 4.37. The van der Waals surface area contributed by atoms with Crippen molar-refractivity contribution in [3.05, 3.63) is 30.1 Å². The van der Waals surface area contributed by atoms with Crippen LogP contribution in [0.1, 0.15) is 6.92 Å². The standard InChI is InChI=1S/C17H25FN4O.ClH/c1-14(17(23)22-8-6-19-7-9-22)20-10-12-21(13-11-20)16-4-2-15(18)3-5-16;/h2-5,14,19H,6-13H2,1H3;1H. The molecule has 134 valence electrons. The summed E-state index contributed by atoms with van der Waals surface area (Å²) in [6.45, 7) is 8.84. The molecule has 2 heterocycles. The van der Waals surface area contributed by atoms with Crippen LogP contribution in [0.2, 0.25) is 0 Å². The number of amides is 1. The van der Waals surface area contributed by atoms with E-state index in [1.807, 2.05) is 24.0 Å². The van der Waals surface area contributed by atoms with Gasteiger partial charge in [-0.15, -0.1) is 12.4 Å². The van der Waals surface area contributed by atoms with E-state index in [2.05, 4.69) is 15.1 Å². The molecule has 1 aromatic rings. The number of halogens is 2. The van der Waals surface area contributed by atoms with Gasteiger partial charge in [0.2, 0.25) is 5.91 Å². The highest BCUT2D eigenvalue weighted by Gasteiger charge is 2.29. The van der Waals surface area contributed by atoms with E-state index in [1.165, 1.54) is 12.1 Å². The lowest BCUT2D eigenvalue weighted by Crippen LogP contribution is -2.57. The Labute approximate surface area is 149 Å². The number of rotatable bonds is 3. The molecule has 24 heavy (non-hydrogen) atoms. The van der Waals surface area contributed by atoms with Gasteiger partial charge in [-0.05, 0) is 31.2 Å². The number of benzene rings is 1. The maximum Gasteiger partial charge on any atom is 0.239 e. The summed E-state index contributed by atoms with van der Waals surface area (Å²) in [7, 11) is 0. The zero-order valence-electron chi connectivity index (χ0n) is 14.1. The second-order valence-electron chi connectivity index (χ2n) is 6.25. The van der Waals surface area contributed by atoms with E-state index < -0.39 is 0 Å². The van der Waals surface area contributed by atoms with Crippen LogP contribution in [0.3, 0.4) is 0 Å². The van der Waals surface area contributed by atoms with Crippen LogP contribution in [0.15, 0.2) is 24.3 Å². The second-order valence-corrected chi connectivity index (χ2v) is 6.25. The van der Waals surface area contributed by atoms with Crippen LogP contribution in [0.4, 0.5) is 10.1 Å². The van der Waals surface area contributed by atoms with Crippen molar-refractivity contribution >= 4 is 24.0 Å². The maximum atomic E-state index is 13.0. The first-order valence-corrected chi connectivity index (χ1v) is 8.39. The van der Waals surface area contributed by atoms with Gasteiger partial charge in [0.1, 0.15) is 5.82 Å². The predicted molar refractivity (Wildman–Crippen MR) is 96.3 cm³/mol. The molecule has 0 aliphatic carbocycles. The topological polar surface area (TPSA) is 38.8 Å². The molecule has 1 unspecified atom stereocenters. The van der Waals surface area contributed by atoms with E-state index >= 15 is 0 Å². The van der Waals surface area contributed by atoms with Gasteiger partial charge < -0.3 is 15.1 Å². The van der Waals surface area contributed by atoms with Crippen LogP contribution in [0.5, 0.6) is 0 Å². The van der Waals surface area contributed by atoms with E-state index in [-0.39, 0.29) is 30.2 Å². The molecular weight excluding hydrogens is 331 g/mol. The Morgan fingerprint density at radius 2 is 1.62 bits per heavy atom. The molecule has 2 saturated heterocycles. The van der Waals surface area contributed by atoms with Gasteiger partial charge in [-0.2, -0.15) is 0 Å². The lowest BCUT2D eigenvalue weighted by Gasteiger charge is -2.40. The number of anilines is 1. The average molecular weight is 357 g/mol. The average Bonchev–Trinajstić information content (AvgIpc) is 2.62. The van der Waals surface area contributed by atoms with Crippen LogP contribution in [0, 0.1) is 5.82 Å². The first kappa shape index (κ1) is 19.0. The molecule has 5 nitrogen and oxygen atoms in total. The first-order chi connectivity index (χ1) is 11.1. The Balaban J connectivity index is 0.00000208. The normalized spacial score (nSPS) is 20.4. The number of hydrogen-bond donors (Lipinski definition) is 1. The minimum absolute atomic E-state index is 0. The molecule has 0 radical (unpaired) electrons. The van der Waals surface area contributed by atoms with Crippen molar-refractivity contribution in [2.45, 2.75) is 13.0 Å². The molecule has 7 heteroatoms. The maximum absolute atomic E-state index is 13.0. The summed E-state index contributed by atoms with van der Waals surface area (Å²) in [6, 6.07) is 6.57. The second kappa shape index (κ2) is 8.65. The molecule has 0 bridgehead atoms. The van der Waals surface area contributed by atoms with Crippen molar-refractivity contribution in [3.63, 3.8) is 0 Å². The highest BCUT2D eigenvalue weighted by Crippen LogP contribution is 2.18. The molecule has 1 amide bonds. The predicted octanol–water partition coefficient (Wildman–Crippen LogP) is 1.19. The van der Waals surface area contributed by atoms with Crippen molar-refractivity contribution in [1.82, 2.24) is 15.1 Å². The third-order valence-electron chi connectivity index (χ3n) is 4.84. The lowest BCUT2D eigenvalue weighted by molar-refractivity contribution is -0.137. The summed E-state index contributed by atoms with van der Waals surface area (Å²) in [5, 5.41) is 3.28. The minimum Gasteiger partial charge on any atom is -0.369 e. The summed E-state index contributed by atoms with van der Waals surface area (Å²) >= 11 is 0. The number of carbonyl (C=O) groups is 1. The molecule has 0 aromatic heterocycles. The first-order valence-electron chi connectivity index (χ1n) is 8.39. The molecule has 3 rings (SSSR count). The number of hydrogen-bond acceptors (Lipinski definition) is 4. The summed E-state index contributed by atoms with van der Waals surface area (Å²) in [5.74, 6) is 0.0318. The summed E-state index contributed by atoms with van der Waals surface area (Å²) in [5.41, 5.74) is 1.05. The largest absolute Gasteiger partial charge is 0.369 e. The van der Waals surface area contributed by atoms with Gasteiger partial charge >= 0.3 is 0 Å². The Bertz CT molecular complexity index is 528. The van der Waals surface area contributed by atoms with Crippen LogP contribution >= 0.6 is 12.4 Å². The van der Waals surface area contributed by atoms with Gasteiger partial charge in [0.15, 0.2) is 0 Å². The third-order valence-corrected chi connectivity index (χ3v) is 4.84. The molecule has 2 fully saturated rings. The van der Waals surface area contributed by atoms with E-state index in [0.29, 0.717) is 0 Å². The summed E-state index contributed by atoms with van der Waals surface area (Å²) in [6.07, 6.45) is 0. The summed E-state index contributed by atoms with van der Waals surface area (Å²) in [4.78, 5) is 19.1. The number of carbonyl (C=O) groups excluding carboxylic acids is 1. The van der Waals surface area contributed by atoms with Gasteiger partial charge in [-0.25, -0.2) is 4.39 Å². The molecule has 1 N–H and O–H groups in total. The monoisotopic (exact) mass is 356 g/mol. The van der Waals surface area contributed by atoms with E-state index in [1.54, 1.807) is 0 Å². The Morgan fingerprint density at radius 1 is 1.04 bits per heavy atom. The highest BCUT2D eigenvalue weighted by atomic mass is 35.5. The lowest BCUT2D eigenvalue weighted by atomic mass is 10.1. The van der Waals surface area contributed by atoms with Gasteiger partial charge in [0.25, 0.3) is 0 Å². The Kier molecular flexibility index (Phi) is 6.83. The summed E-state index contributed by atoms with van der Waals surface area (Å²) < 4.78 is 13.0. The van der Waals surface area contributed by atoms with E-state index in [4.69, 9.17) is 0 Å². The number of nitrogens with zero attached hydrogens (tertiary/aromatic N) is 3. The fraction of sp³-hybridized carbons (Fsp3) is 0.588. The minimum atomic E-state index is -0.206. The van der Waals surface area contributed by atoms with Crippen LogP contribution in [-0.2, 0) is 4.79 Å². The molecule has 0 spiro atoms. The van der Waals surface area contributed by atoms with Gasteiger partial charge in [-0.1, -0.05) is 0 Å². The van der Waals surface area contributed by atoms with Crippen LogP contribution in [-0.4, -0.2) is 74.1 Å². The smallest absolute Gasteiger partial charge is 0.239 e. The van der Waals surface area contributed by atoms with Gasteiger partial charge in [-0.3, -0.25) is 9.69 Å². The van der Waals surface area contributed by atoms with Crippen molar-refractivity contribution in [2.75, 3.05) is 57.3 Å². The van der Waals surface area contributed by atoms with Crippen molar-refractivity contribution in [3.8, 4) is 0 Å². The molecule has 0 saturated carbocycles. The zero-order chi connectivity index (χ0) is 16.2. The van der Waals surface area contributed by atoms with Crippen molar-refractivity contribution < 1.29 is 9.18 Å². The number of nitrogens with one attached hydrogen (secondary N) is 1. The van der Waals surface area contributed by atoms with Crippen LogP contribution < -0.4 is 10.2 Å². The van der Waals surface area contributed by atoms with Crippen LogP contribution in [0.25, 0.3) is 0 Å². The van der Waals surface area contributed by atoms with E-state index in [9.17, 15) is 9.18 Å². The Hall–Kier alpha value is -1.37. The van der Waals surface area contributed by atoms with Crippen molar-refractivity contribution in [2.24, 2.45) is 0 Å². The van der Waals surface area contributed by atoms with Gasteiger partial charge in [0, 0.05) is 58.0 Å². The number of piperazine rings is 2. The molecular formula is C17H26ClFN4O.